The van der Waals surface area contributed by atoms with Crippen molar-refractivity contribution in [1.29, 1.82) is 0 Å². The van der Waals surface area contributed by atoms with Gasteiger partial charge in [0.15, 0.2) is 5.82 Å². The van der Waals surface area contributed by atoms with Crippen LogP contribution >= 0.6 is 11.6 Å². The van der Waals surface area contributed by atoms with Gasteiger partial charge in [-0.1, -0.05) is 11.6 Å². The van der Waals surface area contributed by atoms with E-state index in [4.69, 9.17) is 21.7 Å². The van der Waals surface area contributed by atoms with Crippen LogP contribution in [-0.2, 0) is 4.79 Å². The fourth-order valence-electron chi connectivity index (χ4n) is 4.85. The van der Waals surface area contributed by atoms with E-state index in [0.29, 0.717) is 41.1 Å². The number of halogens is 2. The van der Waals surface area contributed by atoms with Crippen molar-refractivity contribution >= 4 is 46.1 Å². The number of nitrogens with zero attached hydrogens (tertiary/aromatic N) is 7. The molecule has 2 fully saturated rings. The van der Waals surface area contributed by atoms with Crippen LogP contribution in [-0.4, -0.2) is 92.7 Å². The molecule has 190 valence electrons. The number of hydrogen-bond acceptors (Lipinski definition) is 9. The average Bonchev–Trinajstić information content (AvgIpc) is 2.90. The lowest BCUT2D eigenvalue weighted by molar-refractivity contribution is -0.137. The third kappa shape index (κ3) is 5.63. The molecule has 0 atom stereocenters. The maximum atomic E-state index is 13.5. The number of aromatic nitrogens is 4. The Bertz CT molecular complexity index is 1230. The van der Waals surface area contributed by atoms with E-state index in [1.54, 1.807) is 12.3 Å². The van der Waals surface area contributed by atoms with E-state index in [9.17, 15) is 9.18 Å². The molecule has 2 aliphatic rings. The number of piperidine rings is 1. The van der Waals surface area contributed by atoms with Gasteiger partial charge in [-0.2, -0.15) is 0 Å². The van der Waals surface area contributed by atoms with Crippen molar-refractivity contribution in [2.45, 2.75) is 25.3 Å². The van der Waals surface area contributed by atoms with E-state index < -0.39 is 11.8 Å². The minimum Gasteiger partial charge on any atom is -0.481 e. The van der Waals surface area contributed by atoms with Gasteiger partial charge in [-0.3, -0.25) is 9.69 Å². The van der Waals surface area contributed by atoms with Crippen molar-refractivity contribution in [2.24, 2.45) is 0 Å². The predicted octanol–water partition coefficient (Wildman–Crippen LogP) is 3.02. The Balaban J connectivity index is 1.22. The van der Waals surface area contributed by atoms with E-state index in [-0.39, 0.29) is 11.4 Å². The van der Waals surface area contributed by atoms with Crippen LogP contribution in [0.5, 0.6) is 0 Å². The van der Waals surface area contributed by atoms with Gasteiger partial charge in [0, 0.05) is 44.5 Å². The number of carboxylic acid groups (broad SMARTS) is 1. The summed E-state index contributed by atoms with van der Waals surface area (Å²) in [4.78, 5) is 35.7. The molecule has 12 heteroatoms. The number of nitrogens with one attached hydrogen (secondary N) is 1. The molecule has 3 aromatic rings. The SMILES string of the molecule is O=C(O)CCN1CCC(N2CCN(c3ncc4ncnc(Nc5ccc(F)c(Cl)c5)c4n3)CC2)CC1. The van der Waals surface area contributed by atoms with Crippen LogP contribution in [0.3, 0.4) is 0 Å². The van der Waals surface area contributed by atoms with Crippen molar-refractivity contribution in [2.75, 3.05) is 56.0 Å². The number of likely N-dealkylation sites (tertiary alicyclic amines) is 1. The Kier molecular flexibility index (Phi) is 7.40. The number of fused-ring (bicyclic) bond motifs is 1. The van der Waals surface area contributed by atoms with Gasteiger partial charge >= 0.3 is 5.97 Å². The lowest BCUT2D eigenvalue weighted by atomic mass is 10.0. The number of benzene rings is 1. The molecule has 10 nitrogen and oxygen atoms in total. The molecule has 0 unspecified atom stereocenters. The predicted molar refractivity (Wildman–Crippen MR) is 135 cm³/mol. The summed E-state index contributed by atoms with van der Waals surface area (Å²) >= 11 is 5.92. The number of aliphatic carboxylic acids is 1. The second kappa shape index (κ2) is 10.9. The lowest BCUT2D eigenvalue weighted by Gasteiger charge is -2.42. The Morgan fingerprint density at radius 3 is 2.61 bits per heavy atom. The summed E-state index contributed by atoms with van der Waals surface area (Å²) in [7, 11) is 0. The summed E-state index contributed by atoms with van der Waals surface area (Å²) in [6.07, 6.45) is 5.46. The average molecular weight is 515 g/mol. The molecule has 1 aromatic carbocycles. The number of piperazine rings is 1. The van der Waals surface area contributed by atoms with Gasteiger partial charge in [-0.25, -0.2) is 24.3 Å². The summed E-state index contributed by atoms with van der Waals surface area (Å²) in [5.74, 6) is -0.0963. The van der Waals surface area contributed by atoms with Gasteiger partial charge < -0.3 is 20.2 Å². The third-order valence-corrected chi connectivity index (χ3v) is 7.15. The molecule has 0 aliphatic carbocycles. The topological polar surface area (TPSA) is 111 Å². The second-order valence-electron chi connectivity index (χ2n) is 9.12. The molecule has 2 N–H and O–H groups in total. The van der Waals surface area contributed by atoms with Crippen molar-refractivity contribution < 1.29 is 14.3 Å². The molecular weight excluding hydrogens is 487 g/mol. The van der Waals surface area contributed by atoms with Crippen LogP contribution in [0, 0.1) is 5.82 Å². The number of anilines is 3. The Hall–Kier alpha value is -3.15. The van der Waals surface area contributed by atoms with E-state index in [2.05, 4.69) is 35.0 Å². The highest BCUT2D eigenvalue weighted by molar-refractivity contribution is 6.31. The van der Waals surface area contributed by atoms with Crippen LogP contribution in [0.4, 0.5) is 21.8 Å². The van der Waals surface area contributed by atoms with Crippen LogP contribution in [0.25, 0.3) is 11.0 Å². The zero-order valence-electron chi connectivity index (χ0n) is 19.8. The molecule has 0 saturated carbocycles. The molecule has 0 radical (unpaired) electrons. The molecule has 2 saturated heterocycles. The first-order valence-corrected chi connectivity index (χ1v) is 12.5. The third-order valence-electron chi connectivity index (χ3n) is 6.86. The van der Waals surface area contributed by atoms with E-state index in [0.717, 1.165) is 52.1 Å². The molecule has 0 amide bonds. The van der Waals surface area contributed by atoms with Crippen molar-refractivity contribution in [1.82, 2.24) is 29.7 Å². The number of carboxylic acids is 1. The first-order chi connectivity index (χ1) is 17.5. The minimum atomic E-state index is -0.738. The van der Waals surface area contributed by atoms with Gasteiger partial charge in [0.25, 0.3) is 0 Å². The van der Waals surface area contributed by atoms with Crippen molar-refractivity contribution in [3.05, 3.63) is 41.6 Å². The van der Waals surface area contributed by atoms with Gasteiger partial charge in [-0.15, -0.1) is 0 Å². The molecule has 2 aromatic heterocycles. The van der Waals surface area contributed by atoms with E-state index in [1.807, 2.05) is 0 Å². The Morgan fingerprint density at radius 2 is 1.89 bits per heavy atom. The normalized spacial score (nSPS) is 18.0. The lowest BCUT2D eigenvalue weighted by Crippen LogP contribution is -2.53. The standard InChI is InChI=1S/C24H28ClFN8O2/c25-18-13-16(1-2-19(18)26)30-23-22-20(28-15-29-23)14-27-24(31-22)34-11-9-33(10-12-34)17-3-6-32(7-4-17)8-5-21(35)36/h1-2,13-15,17H,3-12H2,(H,35,36)(H,28,29,30). The Morgan fingerprint density at radius 1 is 1.11 bits per heavy atom. The summed E-state index contributed by atoms with van der Waals surface area (Å²) < 4.78 is 13.5. The highest BCUT2D eigenvalue weighted by Crippen LogP contribution is 2.26. The molecule has 4 heterocycles. The zero-order chi connectivity index (χ0) is 25.1. The number of carbonyl (C=O) groups is 1. The highest BCUT2D eigenvalue weighted by Gasteiger charge is 2.28. The summed E-state index contributed by atoms with van der Waals surface area (Å²) in [5, 5.41) is 12.1. The quantitative estimate of drug-likeness (QED) is 0.488. The zero-order valence-corrected chi connectivity index (χ0v) is 20.5. The van der Waals surface area contributed by atoms with Crippen molar-refractivity contribution in [3.8, 4) is 0 Å². The smallest absolute Gasteiger partial charge is 0.304 e. The van der Waals surface area contributed by atoms with E-state index >= 15 is 0 Å². The van der Waals surface area contributed by atoms with Gasteiger partial charge in [0.05, 0.1) is 17.6 Å². The molecule has 0 spiro atoms. The monoisotopic (exact) mass is 514 g/mol. The van der Waals surface area contributed by atoms with Crippen LogP contribution in [0.15, 0.2) is 30.7 Å². The van der Waals surface area contributed by atoms with E-state index in [1.165, 1.54) is 18.5 Å². The fourth-order valence-corrected chi connectivity index (χ4v) is 5.03. The summed E-state index contributed by atoms with van der Waals surface area (Å²) in [6, 6.07) is 4.92. The number of rotatable bonds is 7. The van der Waals surface area contributed by atoms with Crippen LogP contribution < -0.4 is 10.2 Å². The van der Waals surface area contributed by atoms with Gasteiger partial charge in [-0.05, 0) is 44.1 Å². The summed E-state index contributed by atoms with van der Waals surface area (Å²) in [6.45, 7) is 5.99. The van der Waals surface area contributed by atoms with Crippen LogP contribution in [0.1, 0.15) is 19.3 Å². The van der Waals surface area contributed by atoms with Crippen LogP contribution in [0.2, 0.25) is 5.02 Å². The number of hydrogen-bond donors (Lipinski definition) is 2. The highest BCUT2D eigenvalue weighted by atomic mass is 35.5. The first-order valence-electron chi connectivity index (χ1n) is 12.1. The molecule has 2 aliphatic heterocycles. The summed E-state index contributed by atoms with van der Waals surface area (Å²) in [5.41, 5.74) is 1.79. The minimum absolute atomic E-state index is 0.0254. The molecular formula is C24H28ClFN8O2. The fraction of sp³-hybridized carbons (Fsp3) is 0.458. The maximum absolute atomic E-state index is 13.5. The molecule has 0 bridgehead atoms. The first kappa shape index (κ1) is 24.5. The molecule has 36 heavy (non-hydrogen) atoms. The molecule has 5 rings (SSSR count). The largest absolute Gasteiger partial charge is 0.481 e. The Labute approximate surface area is 213 Å². The maximum Gasteiger partial charge on any atom is 0.304 e. The van der Waals surface area contributed by atoms with Gasteiger partial charge in [0.2, 0.25) is 5.95 Å². The second-order valence-corrected chi connectivity index (χ2v) is 9.53. The van der Waals surface area contributed by atoms with Crippen molar-refractivity contribution in [3.63, 3.8) is 0 Å². The van der Waals surface area contributed by atoms with Gasteiger partial charge in [0.1, 0.15) is 23.2 Å².